The van der Waals surface area contributed by atoms with E-state index in [0.29, 0.717) is 0 Å². The molecule has 1 aromatic rings. The molecular weight excluding hydrogens is 200 g/mol. The minimum Gasteiger partial charge on any atom is -0.345 e. The lowest BCUT2D eigenvalue weighted by molar-refractivity contribution is -0.118. The number of hydrogen-bond donors (Lipinski definition) is 1. The molecule has 0 aliphatic carbocycles. The zero-order valence-electron chi connectivity index (χ0n) is 8.10. The SMILES string of the molecule is CC(=O)NCC#Cc1cc(F)ccc1F. The predicted octanol–water partition coefficient (Wildman–Crippen LogP) is 1.45. The van der Waals surface area contributed by atoms with E-state index in [9.17, 15) is 13.6 Å². The summed E-state index contributed by atoms with van der Waals surface area (Å²) in [5.41, 5.74) is -0.0136. The molecule has 0 unspecified atom stereocenters. The lowest BCUT2D eigenvalue weighted by Crippen LogP contribution is -2.19. The lowest BCUT2D eigenvalue weighted by Gasteiger charge is -1.94. The molecule has 0 saturated heterocycles. The van der Waals surface area contributed by atoms with E-state index in [0.717, 1.165) is 18.2 Å². The standard InChI is InChI=1S/C11H9F2NO/c1-8(15)14-6-2-3-9-7-10(12)4-5-11(9)13/h4-5,7H,6H2,1H3,(H,14,15). The summed E-state index contributed by atoms with van der Waals surface area (Å²) < 4.78 is 25.7. The minimum absolute atomic E-state index is 0.0136. The van der Waals surface area contributed by atoms with Gasteiger partial charge in [-0.05, 0) is 18.2 Å². The summed E-state index contributed by atoms with van der Waals surface area (Å²) in [5, 5.41) is 2.42. The van der Waals surface area contributed by atoms with Crippen LogP contribution in [0, 0.1) is 23.5 Å². The highest BCUT2D eigenvalue weighted by atomic mass is 19.1. The number of nitrogens with one attached hydrogen (secondary N) is 1. The third-order valence-electron chi connectivity index (χ3n) is 1.58. The quantitative estimate of drug-likeness (QED) is 0.697. The van der Waals surface area contributed by atoms with Gasteiger partial charge in [0.05, 0.1) is 12.1 Å². The maximum atomic E-state index is 13.0. The summed E-state index contributed by atoms with van der Waals surface area (Å²) >= 11 is 0. The first-order valence-corrected chi connectivity index (χ1v) is 4.28. The molecule has 0 atom stereocenters. The highest BCUT2D eigenvalue weighted by Crippen LogP contribution is 2.07. The number of hydrogen-bond acceptors (Lipinski definition) is 1. The monoisotopic (exact) mass is 209 g/mol. The Balaban J connectivity index is 2.71. The molecule has 1 amide bonds. The molecule has 1 rings (SSSR count). The van der Waals surface area contributed by atoms with Crippen LogP contribution in [0.25, 0.3) is 0 Å². The molecule has 78 valence electrons. The normalized spacial score (nSPS) is 9.00. The van der Waals surface area contributed by atoms with E-state index >= 15 is 0 Å². The first kappa shape index (κ1) is 11.2. The molecule has 1 N–H and O–H groups in total. The fourth-order valence-corrected chi connectivity index (χ4v) is 0.901. The molecule has 2 nitrogen and oxygen atoms in total. The van der Waals surface area contributed by atoms with Crippen LogP contribution in [0.1, 0.15) is 12.5 Å². The van der Waals surface area contributed by atoms with E-state index in [1.165, 1.54) is 6.92 Å². The highest BCUT2D eigenvalue weighted by Gasteiger charge is 1.99. The molecule has 0 spiro atoms. The van der Waals surface area contributed by atoms with Crippen LogP contribution in [0.4, 0.5) is 8.78 Å². The number of amides is 1. The van der Waals surface area contributed by atoms with Crippen molar-refractivity contribution in [3.05, 3.63) is 35.4 Å². The molecule has 0 aliphatic rings. The van der Waals surface area contributed by atoms with Gasteiger partial charge in [0.15, 0.2) is 0 Å². The van der Waals surface area contributed by atoms with E-state index in [-0.39, 0.29) is 18.0 Å². The van der Waals surface area contributed by atoms with Crippen molar-refractivity contribution in [2.45, 2.75) is 6.92 Å². The minimum atomic E-state index is -0.577. The summed E-state index contributed by atoms with van der Waals surface area (Å²) in [4.78, 5) is 10.5. The summed E-state index contributed by atoms with van der Waals surface area (Å²) in [6.07, 6.45) is 0. The number of rotatable bonds is 1. The molecular formula is C11H9F2NO. The van der Waals surface area contributed by atoms with Crippen LogP contribution in [0.15, 0.2) is 18.2 Å². The van der Waals surface area contributed by atoms with E-state index in [4.69, 9.17) is 0 Å². The number of carbonyl (C=O) groups excluding carboxylic acids is 1. The molecule has 0 saturated carbocycles. The first-order chi connectivity index (χ1) is 7.09. The average Bonchev–Trinajstić information content (AvgIpc) is 2.17. The number of benzene rings is 1. The molecule has 1 aromatic carbocycles. The van der Waals surface area contributed by atoms with Crippen LogP contribution in [0.3, 0.4) is 0 Å². The summed E-state index contributed by atoms with van der Waals surface area (Å²) in [7, 11) is 0. The summed E-state index contributed by atoms with van der Waals surface area (Å²) in [6.45, 7) is 1.47. The van der Waals surface area contributed by atoms with Gasteiger partial charge in [-0.25, -0.2) is 8.78 Å². The fourth-order valence-electron chi connectivity index (χ4n) is 0.901. The van der Waals surface area contributed by atoms with Crippen molar-refractivity contribution >= 4 is 5.91 Å². The Morgan fingerprint density at radius 1 is 1.47 bits per heavy atom. The molecule has 0 aliphatic heterocycles. The largest absolute Gasteiger partial charge is 0.345 e. The number of halogens is 2. The summed E-state index contributed by atoms with van der Waals surface area (Å²) in [6, 6.07) is 3.04. The average molecular weight is 209 g/mol. The smallest absolute Gasteiger partial charge is 0.217 e. The van der Waals surface area contributed by atoms with Gasteiger partial charge in [-0.2, -0.15) is 0 Å². The first-order valence-electron chi connectivity index (χ1n) is 4.28. The Morgan fingerprint density at radius 3 is 2.87 bits per heavy atom. The molecule has 4 heteroatoms. The third kappa shape index (κ3) is 3.77. The Labute approximate surface area is 86.3 Å². The second-order valence-electron chi connectivity index (χ2n) is 2.84. The second kappa shape index (κ2) is 5.11. The topological polar surface area (TPSA) is 29.1 Å². The molecule has 0 aromatic heterocycles. The molecule has 0 radical (unpaired) electrons. The maximum Gasteiger partial charge on any atom is 0.217 e. The van der Waals surface area contributed by atoms with E-state index in [1.54, 1.807) is 0 Å². The van der Waals surface area contributed by atoms with Crippen LogP contribution >= 0.6 is 0 Å². The van der Waals surface area contributed by atoms with Gasteiger partial charge in [0.1, 0.15) is 11.6 Å². The highest BCUT2D eigenvalue weighted by molar-refractivity contribution is 5.73. The van der Waals surface area contributed by atoms with Crippen LogP contribution in [-0.4, -0.2) is 12.5 Å². The van der Waals surface area contributed by atoms with Crippen molar-refractivity contribution in [3.63, 3.8) is 0 Å². The fraction of sp³-hybridized carbons (Fsp3) is 0.182. The third-order valence-corrected chi connectivity index (χ3v) is 1.58. The van der Waals surface area contributed by atoms with Crippen LogP contribution in [0.2, 0.25) is 0 Å². The predicted molar refractivity (Wildman–Crippen MR) is 51.9 cm³/mol. The van der Waals surface area contributed by atoms with Crippen molar-refractivity contribution in [1.82, 2.24) is 5.32 Å². The van der Waals surface area contributed by atoms with Gasteiger partial charge in [0, 0.05) is 6.92 Å². The van der Waals surface area contributed by atoms with Gasteiger partial charge in [0.25, 0.3) is 0 Å². The second-order valence-corrected chi connectivity index (χ2v) is 2.84. The zero-order chi connectivity index (χ0) is 11.3. The molecule has 0 heterocycles. The Bertz CT molecular complexity index is 432. The van der Waals surface area contributed by atoms with Crippen molar-refractivity contribution in [3.8, 4) is 11.8 Å². The van der Waals surface area contributed by atoms with E-state index in [1.807, 2.05) is 0 Å². The molecule has 0 bridgehead atoms. The van der Waals surface area contributed by atoms with Gasteiger partial charge >= 0.3 is 0 Å². The summed E-state index contributed by atoms with van der Waals surface area (Å²) in [5.74, 6) is 3.60. The van der Waals surface area contributed by atoms with Crippen LogP contribution in [-0.2, 0) is 4.79 Å². The Morgan fingerprint density at radius 2 is 2.20 bits per heavy atom. The van der Waals surface area contributed by atoms with E-state index < -0.39 is 11.6 Å². The van der Waals surface area contributed by atoms with Crippen LogP contribution in [0.5, 0.6) is 0 Å². The number of carbonyl (C=O) groups is 1. The van der Waals surface area contributed by atoms with Crippen molar-refractivity contribution in [2.75, 3.05) is 6.54 Å². The van der Waals surface area contributed by atoms with Gasteiger partial charge in [-0.1, -0.05) is 11.8 Å². The lowest BCUT2D eigenvalue weighted by atomic mass is 10.2. The van der Waals surface area contributed by atoms with Crippen LogP contribution < -0.4 is 5.32 Å². The van der Waals surface area contributed by atoms with Gasteiger partial charge < -0.3 is 5.32 Å². The van der Waals surface area contributed by atoms with Crippen molar-refractivity contribution < 1.29 is 13.6 Å². The Hall–Kier alpha value is -1.89. The van der Waals surface area contributed by atoms with E-state index in [2.05, 4.69) is 17.2 Å². The van der Waals surface area contributed by atoms with Crippen molar-refractivity contribution in [1.29, 1.82) is 0 Å². The molecule has 0 fully saturated rings. The zero-order valence-corrected chi connectivity index (χ0v) is 8.10. The Kier molecular flexibility index (Phi) is 3.81. The maximum absolute atomic E-state index is 13.0. The van der Waals surface area contributed by atoms with Gasteiger partial charge in [-0.3, -0.25) is 4.79 Å². The molecule has 15 heavy (non-hydrogen) atoms. The van der Waals surface area contributed by atoms with Crippen molar-refractivity contribution in [2.24, 2.45) is 0 Å². The van der Waals surface area contributed by atoms with Gasteiger partial charge in [0.2, 0.25) is 5.91 Å². The van der Waals surface area contributed by atoms with Gasteiger partial charge in [-0.15, -0.1) is 0 Å².